The Bertz CT molecular complexity index is 832. The summed E-state index contributed by atoms with van der Waals surface area (Å²) in [4.78, 5) is 12.4. The number of sulfone groups is 1. The van der Waals surface area contributed by atoms with E-state index in [-0.39, 0.29) is 29.2 Å². The quantitative estimate of drug-likeness (QED) is 0.785. The summed E-state index contributed by atoms with van der Waals surface area (Å²) in [6.45, 7) is 1.12. The number of halogens is 1. The lowest BCUT2D eigenvalue weighted by atomic mass is 9.95. The van der Waals surface area contributed by atoms with Crippen molar-refractivity contribution in [2.45, 2.75) is 25.3 Å². The Morgan fingerprint density at radius 1 is 1.23 bits per heavy atom. The molecule has 1 amide bonds. The highest BCUT2D eigenvalue weighted by molar-refractivity contribution is 7.91. The molecule has 2 aromatic rings. The number of benzene rings is 1. The maximum Gasteiger partial charge on any atom is 0.220 e. The molecule has 1 aliphatic heterocycles. The van der Waals surface area contributed by atoms with Gasteiger partial charge in [-0.3, -0.25) is 4.79 Å². The lowest BCUT2D eigenvalue weighted by molar-refractivity contribution is -0.121. The highest BCUT2D eigenvalue weighted by atomic mass is 35.5. The molecule has 0 bridgehead atoms. The molecule has 140 valence electrons. The van der Waals surface area contributed by atoms with E-state index in [1.54, 1.807) is 0 Å². The predicted molar refractivity (Wildman–Crippen MR) is 103 cm³/mol. The number of rotatable bonds is 7. The lowest BCUT2D eigenvalue weighted by Gasteiger charge is -2.19. The molecular weight excluding hydrogens is 372 g/mol. The van der Waals surface area contributed by atoms with Crippen LogP contribution in [0.5, 0.6) is 0 Å². The van der Waals surface area contributed by atoms with Crippen molar-refractivity contribution in [1.82, 2.24) is 9.88 Å². The van der Waals surface area contributed by atoms with Gasteiger partial charge in [0.15, 0.2) is 9.84 Å². The molecule has 5 nitrogen and oxygen atoms in total. The standard InChI is InChI=1S/C19H23ClN2O3S/c20-18-5-3-16(4-6-18)17(13-22-8-1-2-9-22)11-19(23)21-12-15-7-10-26(24,25)14-15/h1-6,8-9,15,17H,7,10-14H2,(H,21,23). The van der Waals surface area contributed by atoms with Crippen LogP contribution in [0.1, 0.15) is 24.3 Å². The van der Waals surface area contributed by atoms with Gasteiger partial charge in [-0.15, -0.1) is 0 Å². The second kappa shape index (κ2) is 8.27. The van der Waals surface area contributed by atoms with E-state index in [4.69, 9.17) is 11.6 Å². The van der Waals surface area contributed by atoms with E-state index in [2.05, 4.69) is 9.88 Å². The van der Waals surface area contributed by atoms with Crippen molar-refractivity contribution in [2.24, 2.45) is 5.92 Å². The number of hydrogen-bond acceptors (Lipinski definition) is 3. The summed E-state index contributed by atoms with van der Waals surface area (Å²) < 4.78 is 25.1. The molecule has 1 aromatic heterocycles. The van der Waals surface area contributed by atoms with E-state index < -0.39 is 9.84 Å². The van der Waals surface area contributed by atoms with Gasteiger partial charge in [-0.1, -0.05) is 23.7 Å². The Balaban J connectivity index is 1.61. The van der Waals surface area contributed by atoms with Crippen molar-refractivity contribution in [3.63, 3.8) is 0 Å². The minimum atomic E-state index is -2.91. The largest absolute Gasteiger partial charge is 0.356 e. The molecule has 1 N–H and O–H groups in total. The van der Waals surface area contributed by atoms with E-state index in [0.29, 0.717) is 31.0 Å². The Hall–Kier alpha value is -1.79. The number of carbonyl (C=O) groups is 1. The van der Waals surface area contributed by atoms with Crippen LogP contribution in [0.15, 0.2) is 48.8 Å². The molecule has 1 aliphatic rings. The van der Waals surface area contributed by atoms with Crippen LogP contribution >= 0.6 is 11.6 Å². The van der Waals surface area contributed by atoms with E-state index in [0.717, 1.165) is 5.56 Å². The summed E-state index contributed by atoms with van der Waals surface area (Å²) in [6.07, 6.45) is 4.93. The van der Waals surface area contributed by atoms with Crippen LogP contribution < -0.4 is 5.32 Å². The maximum atomic E-state index is 12.4. The van der Waals surface area contributed by atoms with Crippen molar-refractivity contribution in [2.75, 3.05) is 18.1 Å². The van der Waals surface area contributed by atoms with Gasteiger partial charge in [0, 0.05) is 42.8 Å². The second-order valence-corrected chi connectivity index (χ2v) is 9.57. The molecule has 0 spiro atoms. The Morgan fingerprint density at radius 2 is 1.92 bits per heavy atom. The minimum Gasteiger partial charge on any atom is -0.356 e. The number of nitrogens with one attached hydrogen (secondary N) is 1. The lowest BCUT2D eigenvalue weighted by Crippen LogP contribution is -2.31. The molecule has 3 rings (SSSR count). The van der Waals surface area contributed by atoms with Crippen LogP contribution in [0.2, 0.25) is 5.02 Å². The van der Waals surface area contributed by atoms with Gasteiger partial charge in [0.05, 0.1) is 11.5 Å². The summed E-state index contributed by atoms with van der Waals surface area (Å²) in [5.41, 5.74) is 1.06. The number of nitrogens with zero attached hydrogens (tertiary/aromatic N) is 1. The van der Waals surface area contributed by atoms with E-state index >= 15 is 0 Å². The van der Waals surface area contributed by atoms with Gasteiger partial charge < -0.3 is 9.88 Å². The summed E-state index contributed by atoms with van der Waals surface area (Å²) in [5, 5.41) is 3.58. The van der Waals surface area contributed by atoms with E-state index in [1.165, 1.54) is 0 Å². The topological polar surface area (TPSA) is 68.2 Å². The highest BCUT2D eigenvalue weighted by Crippen LogP contribution is 2.24. The molecule has 1 aromatic carbocycles. The molecule has 2 heterocycles. The molecule has 2 atom stereocenters. The zero-order chi connectivity index (χ0) is 18.6. The smallest absolute Gasteiger partial charge is 0.220 e. The maximum absolute atomic E-state index is 12.4. The number of hydrogen-bond donors (Lipinski definition) is 1. The first-order chi connectivity index (χ1) is 12.4. The molecule has 1 saturated heterocycles. The van der Waals surface area contributed by atoms with E-state index in [1.807, 2.05) is 48.8 Å². The Morgan fingerprint density at radius 3 is 2.54 bits per heavy atom. The first-order valence-corrected chi connectivity index (χ1v) is 10.9. The Kier molecular flexibility index (Phi) is 6.04. The zero-order valence-electron chi connectivity index (χ0n) is 14.5. The fourth-order valence-electron chi connectivity index (χ4n) is 3.36. The van der Waals surface area contributed by atoms with Crippen molar-refractivity contribution in [1.29, 1.82) is 0 Å². The summed E-state index contributed by atoms with van der Waals surface area (Å²) >= 11 is 5.98. The van der Waals surface area contributed by atoms with Crippen LogP contribution in [0, 0.1) is 5.92 Å². The minimum absolute atomic E-state index is 0.0203. The molecular formula is C19H23ClN2O3S. The average Bonchev–Trinajstić information content (AvgIpc) is 3.22. The van der Waals surface area contributed by atoms with Crippen molar-refractivity contribution >= 4 is 27.3 Å². The average molecular weight is 395 g/mol. The van der Waals surface area contributed by atoms with Crippen LogP contribution in [0.3, 0.4) is 0 Å². The van der Waals surface area contributed by atoms with Crippen LogP contribution in [0.4, 0.5) is 0 Å². The molecule has 0 radical (unpaired) electrons. The summed E-state index contributed by atoms with van der Waals surface area (Å²) in [6, 6.07) is 11.5. The first kappa shape index (κ1) is 19.0. The third-order valence-corrected chi connectivity index (χ3v) is 6.87. The normalized spacial score (nSPS) is 20.0. The molecule has 26 heavy (non-hydrogen) atoms. The SMILES string of the molecule is O=C(CC(Cn1cccc1)c1ccc(Cl)cc1)NCC1CCS(=O)(=O)C1. The Labute approximate surface area is 159 Å². The number of amides is 1. The van der Waals surface area contributed by atoms with Gasteiger partial charge in [0.2, 0.25) is 5.91 Å². The second-order valence-electron chi connectivity index (χ2n) is 6.91. The molecule has 2 unspecified atom stereocenters. The third kappa shape index (κ3) is 5.35. The van der Waals surface area contributed by atoms with Crippen LogP contribution in [0.25, 0.3) is 0 Å². The van der Waals surface area contributed by atoms with Gasteiger partial charge in [-0.2, -0.15) is 0 Å². The number of aromatic nitrogens is 1. The van der Waals surface area contributed by atoms with E-state index in [9.17, 15) is 13.2 Å². The molecule has 0 aliphatic carbocycles. The van der Waals surface area contributed by atoms with Gasteiger partial charge >= 0.3 is 0 Å². The van der Waals surface area contributed by atoms with Gasteiger partial charge in [0.25, 0.3) is 0 Å². The van der Waals surface area contributed by atoms with Gasteiger partial charge in [-0.05, 0) is 42.2 Å². The predicted octanol–water partition coefficient (Wildman–Crippen LogP) is 2.87. The highest BCUT2D eigenvalue weighted by Gasteiger charge is 2.28. The molecule has 0 saturated carbocycles. The van der Waals surface area contributed by atoms with Gasteiger partial charge in [-0.25, -0.2) is 8.42 Å². The third-order valence-electron chi connectivity index (χ3n) is 4.79. The van der Waals surface area contributed by atoms with Crippen molar-refractivity contribution < 1.29 is 13.2 Å². The number of carbonyl (C=O) groups excluding carboxylic acids is 1. The van der Waals surface area contributed by atoms with Crippen molar-refractivity contribution in [3.8, 4) is 0 Å². The zero-order valence-corrected chi connectivity index (χ0v) is 16.0. The van der Waals surface area contributed by atoms with Crippen LogP contribution in [-0.2, 0) is 21.2 Å². The van der Waals surface area contributed by atoms with Gasteiger partial charge in [0.1, 0.15) is 0 Å². The first-order valence-electron chi connectivity index (χ1n) is 8.74. The fraction of sp³-hybridized carbons (Fsp3) is 0.421. The van der Waals surface area contributed by atoms with Crippen molar-refractivity contribution in [3.05, 3.63) is 59.4 Å². The molecule has 1 fully saturated rings. The molecule has 7 heteroatoms. The fourth-order valence-corrected chi connectivity index (χ4v) is 5.34. The monoisotopic (exact) mass is 394 g/mol. The van der Waals surface area contributed by atoms with Crippen LogP contribution in [-0.4, -0.2) is 36.9 Å². The summed E-state index contributed by atoms with van der Waals surface area (Å²) in [7, 11) is -2.91. The summed E-state index contributed by atoms with van der Waals surface area (Å²) in [5.74, 6) is 0.405.